The molecule has 0 aromatic carbocycles. The van der Waals surface area contributed by atoms with E-state index in [9.17, 15) is 4.79 Å². The van der Waals surface area contributed by atoms with Crippen LogP contribution in [0.4, 0.5) is 0 Å². The lowest BCUT2D eigenvalue weighted by molar-refractivity contribution is -0.170. The maximum atomic E-state index is 13.1. The van der Waals surface area contributed by atoms with Crippen molar-refractivity contribution in [1.29, 1.82) is 0 Å². The van der Waals surface area contributed by atoms with Crippen molar-refractivity contribution in [2.24, 2.45) is 23.2 Å². The summed E-state index contributed by atoms with van der Waals surface area (Å²) in [6.07, 6.45) is 9.36. The number of esters is 1. The lowest BCUT2D eigenvalue weighted by Gasteiger charge is -2.40. The van der Waals surface area contributed by atoms with E-state index in [2.05, 4.69) is 27.7 Å². The van der Waals surface area contributed by atoms with Crippen molar-refractivity contribution in [1.82, 2.24) is 0 Å². The van der Waals surface area contributed by atoms with Crippen LogP contribution in [0.5, 0.6) is 0 Å². The fraction of sp³-hybridized carbons (Fsp3) is 0.950. The van der Waals surface area contributed by atoms with Crippen molar-refractivity contribution >= 4 is 5.97 Å². The molecule has 0 aliphatic heterocycles. The van der Waals surface area contributed by atoms with Crippen LogP contribution < -0.4 is 0 Å². The molecule has 2 atom stereocenters. The van der Waals surface area contributed by atoms with Gasteiger partial charge in [0.05, 0.1) is 18.6 Å². The molecule has 1 saturated carbocycles. The van der Waals surface area contributed by atoms with Gasteiger partial charge in [-0.2, -0.15) is 0 Å². The predicted octanol–water partition coefficient (Wildman–Crippen LogP) is 5.23. The summed E-state index contributed by atoms with van der Waals surface area (Å²) in [5.74, 6) is 1.13. The summed E-state index contributed by atoms with van der Waals surface area (Å²) in [7, 11) is 1.70. The van der Waals surface area contributed by atoms with Crippen LogP contribution in [0.3, 0.4) is 0 Å². The molecule has 0 aromatic rings. The van der Waals surface area contributed by atoms with E-state index in [1.54, 1.807) is 7.11 Å². The number of hydrogen-bond acceptors (Lipinski definition) is 3. The molecule has 3 nitrogen and oxygen atoms in total. The zero-order valence-electron chi connectivity index (χ0n) is 16.0. The average molecular weight is 327 g/mol. The minimum Gasteiger partial charge on any atom is -0.465 e. The number of rotatable bonds is 11. The van der Waals surface area contributed by atoms with E-state index in [1.807, 2.05) is 0 Å². The minimum atomic E-state index is -0.464. The summed E-state index contributed by atoms with van der Waals surface area (Å²) >= 11 is 0. The van der Waals surface area contributed by atoms with Crippen LogP contribution in [0, 0.1) is 23.2 Å². The molecule has 1 aliphatic rings. The van der Waals surface area contributed by atoms with E-state index >= 15 is 0 Å². The number of carbonyl (C=O) groups excluding carboxylic acids is 1. The Hall–Kier alpha value is -0.570. The van der Waals surface area contributed by atoms with Crippen LogP contribution >= 0.6 is 0 Å². The first-order valence-electron chi connectivity index (χ1n) is 9.68. The zero-order valence-corrected chi connectivity index (χ0v) is 16.0. The van der Waals surface area contributed by atoms with Crippen LogP contribution in [0.15, 0.2) is 0 Å². The van der Waals surface area contributed by atoms with Crippen molar-refractivity contribution in [3.8, 4) is 0 Å². The van der Waals surface area contributed by atoms with Crippen LogP contribution in [0.1, 0.15) is 79.1 Å². The normalized spacial score (nSPS) is 19.7. The first-order chi connectivity index (χ1) is 11.0. The topological polar surface area (TPSA) is 35.5 Å². The second-order valence-corrected chi connectivity index (χ2v) is 7.62. The second-order valence-electron chi connectivity index (χ2n) is 7.62. The number of carbonyl (C=O) groups is 1. The maximum absolute atomic E-state index is 13.1. The number of ether oxygens (including phenoxy) is 2. The van der Waals surface area contributed by atoms with Crippen molar-refractivity contribution in [2.75, 3.05) is 20.3 Å². The van der Waals surface area contributed by atoms with Crippen molar-refractivity contribution in [3.05, 3.63) is 0 Å². The molecule has 0 aromatic heterocycles. The molecular formula is C20H38O3. The Morgan fingerprint density at radius 1 is 1.22 bits per heavy atom. The summed E-state index contributed by atoms with van der Waals surface area (Å²) in [6, 6.07) is 0. The monoisotopic (exact) mass is 326 g/mol. The third kappa shape index (κ3) is 5.20. The summed E-state index contributed by atoms with van der Waals surface area (Å²) in [6.45, 7) is 9.75. The van der Waals surface area contributed by atoms with E-state index in [0.717, 1.165) is 25.7 Å². The Bertz CT molecular complexity index is 334. The van der Waals surface area contributed by atoms with E-state index in [1.165, 1.54) is 25.7 Å². The lowest BCUT2D eigenvalue weighted by atomic mass is 9.67. The Balaban J connectivity index is 2.78. The summed E-state index contributed by atoms with van der Waals surface area (Å²) < 4.78 is 11.4. The Morgan fingerprint density at radius 3 is 2.35 bits per heavy atom. The van der Waals surface area contributed by atoms with Crippen molar-refractivity contribution in [3.63, 3.8) is 0 Å². The van der Waals surface area contributed by atoms with Gasteiger partial charge in [-0.05, 0) is 37.0 Å². The fourth-order valence-electron chi connectivity index (χ4n) is 4.12. The molecule has 136 valence electrons. The molecule has 2 unspecified atom stereocenters. The predicted molar refractivity (Wildman–Crippen MR) is 95.4 cm³/mol. The van der Waals surface area contributed by atoms with Crippen LogP contribution in [0.2, 0.25) is 0 Å². The number of hydrogen-bond donors (Lipinski definition) is 0. The molecule has 0 amide bonds. The van der Waals surface area contributed by atoms with E-state index in [-0.39, 0.29) is 11.9 Å². The Kier molecular flexibility index (Phi) is 9.19. The van der Waals surface area contributed by atoms with Gasteiger partial charge in [0.2, 0.25) is 0 Å². The molecule has 0 N–H and O–H groups in total. The van der Waals surface area contributed by atoms with E-state index in [0.29, 0.717) is 25.0 Å². The highest BCUT2D eigenvalue weighted by atomic mass is 16.5. The molecule has 0 spiro atoms. The molecule has 3 heteroatoms. The summed E-state index contributed by atoms with van der Waals surface area (Å²) in [4.78, 5) is 13.1. The van der Waals surface area contributed by atoms with Gasteiger partial charge in [-0.3, -0.25) is 4.79 Å². The zero-order chi connectivity index (χ0) is 17.3. The molecule has 0 saturated heterocycles. The first kappa shape index (κ1) is 20.5. The first-order valence-corrected chi connectivity index (χ1v) is 9.68. The van der Waals surface area contributed by atoms with Crippen LogP contribution in [-0.2, 0) is 14.3 Å². The quantitative estimate of drug-likeness (QED) is 0.488. The van der Waals surface area contributed by atoms with Crippen LogP contribution in [0.25, 0.3) is 0 Å². The third-order valence-electron chi connectivity index (χ3n) is 5.87. The van der Waals surface area contributed by atoms with Crippen LogP contribution in [-0.4, -0.2) is 26.3 Å². The van der Waals surface area contributed by atoms with Gasteiger partial charge in [0.1, 0.15) is 0 Å². The Labute approximate surface area is 143 Å². The number of methoxy groups -OCH3 is 1. The molecule has 0 bridgehead atoms. The van der Waals surface area contributed by atoms with Gasteiger partial charge >= 0.3 is 5.97 Å². The highest BCUT2D eigenvalue weighted by Crippen LogP contribution is 2.46. The molecule has 1 aliphatic carbocycles. The van der Waals surface area contributed by atoms with Gasteiger partial charge in [0.25, 0.3) is 0 Å². The SMILES string of the molecule is CCCCC(CC)COC(=O)C(COC)(C(C)C)C1CCCC1. The number of unbranched alkanes of at least 4 members (excludes halogenated alkanes) is 1. The largest absolute Gasteiger partial charge is 0.465 e. The minimum absolute atomic E-state index is 0.0174. The molecule has 23 heavy (non-hydrogen) atoms. The third-order valence-corrected chi connectivity index (χ3v) is 5.87. The molecule has 1 fully saturated rings. The van der Waals surface area contributed by atoms with Gasteiger partial charge in [-0.15, -0.1) is 0 Å². The van der Waals surface area contributed by atoms with Gasteiger partial charge in [-0.1, -0.05) is 59.8 Å². The van der Waals surface area contributed by atoms with Gasteiger partial charge in [-0.25, -0.2) is 0 Å². The smallest absolute Gasteiger partial charge is 0.314 e. The molecule has 1 rings (SSSR count). The van der Waals surface area contributed by atoms with E-state index in [4.69, 9.17) is 9.47 Å². The highest BCUT2D eigenvalue weighted by Gasteiger charge is 2.50. The molecule has 0 heterocycles. The Morgan fingerprint density at radius 2 is 1.87 bits per heavy atom. The summed E-state index contributed by atoms with van der Waals surface area (Å²) in [5, 5.41) is 0. The fourth-order valence-corrected chi connectivity index (χ4v) is 4.12. The van der Waals surface area contributed by atoms with Crippen molar-refractivity contribution in [2.45, 2.75) is 79.1 Å². The van der Waals surface area contributed by atoms with E-state index < -0.39 is 5.41 Å². The standard InChI is InChI=1S/C20H38O3/c1-6-8-11-17(7-2)14-23-19(21)20(15-22-5,16(3)4)18-12-9-10-13-18/h16-18H,6-15H2,1-5H3. The molecular weight excluding hydrogens is 288 g/mol. The second kappa shape index (κ2) is 10.3. The lowest BCUT2D eigenvalue weighted by Crippen LogP contribution is -2.47. The van der Waals surface area contributed by atoms with Gasteiger partial charge < -0.3 is 9.47 Å². The van der Waals surface area contributed by atoms with Gasteiger partial charge in [0, 0.05) is 7.11 Å². The van der Waals surface area contributed by atoms with Crippen molar-refractivity contribution < 1.29 is 14.3 Å². The highest BCUT2D eigenvalue weighted by molar-refractivity contribution is 5.78. The summed E-state index contributed by atoms with van der Waals surface area (Å²) in [5.41, 5.74) is -0.464. The molecule has 0 radical (unpaired) electrons. The maximum Gasteiger partial charge on any atom is 0.314 e. The average Bonchev–Trinajstić information content (AvgIpc) is 3.06. The van der Waals surface area contributed by atoms with Gasteiger partial charge in [0.15, 0.2) is 0 Å².